The molecule has 5 heteroatoms. The molecule has 3 aromatic rings. The van der Waals surface area contributed by atoms with Gasteiger partial charge in [-0.2, -0.15) is 4.98 Å². The zero-order valence-corrected chi connectivity index (χ0v) is 11.4. The largest absolute Gasteiger partial charge is 0.358 e. The van der Waals surface area contributed by atoms with E-state index in [1.165, 1.54) is 4.57 Å². The Morgan fingerprint density at radius 2 is 1.43 bits per heavy atom. The third-order valence-electron chi connectivity index (χ3n) is 3.24. The SMILES string of the molecule is Cn1c(-c2ccccc2)nc(=O)n(-c2ccccc2)c1=O. The topological polar surface area (TPSA) is 56.9 Å². The maximum Gasteiger partial charge on any atom is 0.358 e. The standard InChI is InChI=1S/C16H13N3O2/c1-18-14(12-8-4-2-5-9-12)17-15(20)19(16(18)21)13-10-6-3-7-11-13/h2-11H,1H3. The molecule has 0 saturated heterocycles. The zero-order chi connectivity index (χ0) is 14.8. The molecule has 0 atom stereocenters. The van der Waals surface area contributed by atoms with Crippen molar-refractivity contribution in [3.8, 4) is 17.1 Å². The molecular formula is C16H13N3O2. The Kier molecular flexibility index (Phi) is 3.23. The molecule has 0 aliphatic carbocycles. The van der Waals surface area contributed by atoms with Crippen molar-refractivity contribution in [2.75, 3.05) is 0 Å². The first-order chi connectivity index (χ1) is 10.2. The van der Waals surface area contributed by atoms with E-state index in [0.717, 1.165) is 10.1 Å². The second kappa shape index (κ2) is 5.20. The van der Waals surface area contributed by atoms with E-state index in [4.69, 9.17) is 0 Å². The van der Waals surface area contributed by atoms with Gasteiger partial charge in [-0.3, -0.25) is 4.57 Å². The summed E-state index contributed by atoms with van der Waals surface area (Å²) in [7, 11) is 1.61. The minimum Gasteiger partial charge on any atom is -0.280 e. The molecule has 0 aliphatic rings. The van der Waals surface area contributed by atoms with Crippen LogP contribution in [0.5, 0.6) is 0 Å². The summed E-state index contributed by atoms with van der Waals surface area (Å²) in [5.41, 5.74) is 0.243. The van der Waals surface area contributed by atoms with Gasteiger partial charge in [0.15, 0.2) is 0 Å². The number of hydrogen-bond donors (Lipinski definition) is 0. The Morgan fingerprint density at radius 1 is 0.857 bits per heavy atom. The number of para-hydroxylation sites is 1. The third-order valence-corrected chi connectivity index (χ3v) is 3.24. The molecule has 0 saturated carbocycles. The summed E-state index contributed by atoms with van der Waals surface area (Å²) in [5, 5.41) is 0. The number of rotatable bonds is 2. The van der Waals surface area contributed by atoms with E-state index in [1.807, 2.05) is 36.4 Å². The highest BCUT2D eigenvalue weighted by atomic mass is 16.2. The van der Waals surface area contributed by atoms with E-state index >= 15 is 0 Å². The second-order valence-corrected chi connectivity index (χ2v) is 4.60. The van der Waals surface area contributed by atoms with E-state index in [0.29, 0.717) is 11.5 Å². The van der Waals surface area contributed by atoms with Crippen molar-refractivity contribution in [3.05, 3.63) is 81.6 Å². The van der Waals surface area contributed by atoms with Crippen LogP contribution in [0.3, 0.4) is 0 Å². The Hall–Kier alpha value is -2.95. The van der Waals surface area contributed by atoms with Crippen LogP contribution in [0.15, 0.2) is 70.3 Å². The van der Waals surface area contributed by atoms with Crippen LogP contribution < -0.4 is 11.4 Å². The average molecular weight is 279 g/mol. The van der Waals surface area contributed by atoms with Crippen molar-refractivity contribution < 1.29 is 0 Å². The first-order valence-corrected chi connectivity index (χ1v) is 6.49. The molecule has 0 bridgehead atoms. The monoisotopic (exact) mass is 279 g/mol. The summed E-state index contributed by atoms with van der Waals surface area (Å²) in [4.78, 5) is 28.7. The number of hydrogen-bond acceptors (Lipinski definition) is 3. The van der Waals surface area contributed by atoms with Crippen molar-refractivity contribution in [1.82, 2.24) is 14.1 Å². The molecule has 0 amide bonds. The van der Waals surface area contributed by atoms with Gasteiger partial charge in [-0.15, -0.1) is 0 Å². The molecule has 0 aliphatic heterocycles. The lowest BCUT2D eigenvalue weighted by Gasteiger charge is -2.10. The van der Waals surface area contributed by atoms with Crippen LogP contribution >= 0.6 is 0 Å². The molecule has 3 rings (SSSR count). The van der Waals surface area contributed by atoms with Gasteiger partial charge in [0, 0.05) is 12.6 Å². The van der Waals surface area contributed by atoms with Crippen LogP contribution in [-0.2, 0) is 7.05 Å². The highest BCUT2D eigenvalue weighted by molar-refractivity contribution is 5.54. The molecular weight excluding hydrogens is 266 g/mol. The Bertz CT molecular complexity index is 881. The van der Waals surface area contributed by atoms with Crippen molar-refractivity contribution in [2.45, 2.75) is 0 Å². The molecule has 0 radical (unpaired) electrons. The minimum atomic E-state index is -0.580. The second-order valence-electron chi connectivity index (χ2n) is 4.60. The molecule has 1 heterocycles. The zero-order valence-electron chi connectivity index (χ0n) is 11.4. The predicted molar refractivity (Wildman–Crippen MR) is 80.5 cm³/mol. The van der Waals surface area contributed by atoms with Crippen LogP contribution in [0.25, 0.3) is 17.1 Å². The number of nitrogens with zero attached hydrogens (tertiary/aromatic N) is 3. The summed E-state index contributed by atoms with van der Waals surface area (Å²) in [6.07, 6.45) is 0. The van der Waals surface area contributed by atoms with Crippen LogP contribution in [0.4, 0.5) is 0 Å². The van der Waals surface area contributed by atoms with E-state index < -0.39 is 11.4 Å². The molecule has 0 N–H and O–H groups in total. The van der Waals surface area contributed by atoms with Gasteiger partial charge in [0.1, 0.15) is 5.82 Å². The van der Waals surface area contributed by atoms with Gasteiger partial charge in [-0.1, -0.05) is 48.5 Å². The third kappa shape index (κ3) is 2.29. The van der Waals surface area contributed by atoms with Crippen LogP contribution in [0, 0.1) is 0 Å². The summed E-state index contributed by atoms with van der Waals surface area (Å²) < 4.78 is 2.44. The number of benzene rings is 2. The Balaban J connectivity index is 2.27. The molecule has 104 valence electrons. The van der Waals surface area contributed by atoms with E-state index in [2.05, 4.69) is 4.98 Å². The molecule has 5 nitrogen and oxygen atoms in total. The highest BCUT2D eigenvalue weighted by Crippen LogP contribution is 2.12. The fraction of sp³-hybridized carbons (Fsp3) is 0.0625. The van der Waals surface area contributed by atoms with Crippen molar-refractivity contribution in [1.29, 1.82) is 0 Å². The number of aromatic nitrogens is 3. The van der Waals surface area contributed by atoms with Gasteiger partial charge in [0.2, 0.25) is 0 Å². The van der Waals surface area contributed by atoms with Gasteiger partial charge >= 0.3 is 11.4 Å². The Morgan fingerprint density at radius 3 is 2.05 bits per heavy atom. The van der Waals surface area contributed by atoms with Crippen molar-refractivity contribution in [2.24, 2.45) is 7.05 Å². The highest BCUT2D eigenvalue weighted by Gasteiger charge is 2.12. The fourth-order valence-electron chi connectivity index (χ4n) is 2.18. The van der Waals surface area contributed by atoms with Crippen LogP contribution in [0.1, 0.15) is 0 Å². The molecule has 0 fully saturated rings. The molecule has 0 unspecified atom stereocenters. The lowest BCUT2D eigenvalue weighted by atomic mass is 10.2. The molecule has 2 aromatic carbocycles. The summed E-state index contributed by atoms with van der Waals surface area (Å²) in [6.45, 7) is 0. The lowest BCUT2D eigenvalue weighted by Crippen LogP contribution is -2.40. The van der Waals surface area contributed by atoms with Crippen molar-refractivity contribution in [3.63, 3.8) is 0 Å². The van der Waals surface area contributed by atoms with E-state index in [-0.39, 0.29) is 0 Å². The van der Waals surface area contributed by atoms with Crippen LogP contribution in [0.2, 0.25) is 0 Å². The first-order valence-electron chi connectivity index (χ1n) is 6.49. The Labute approximate surface area is 120 Å². The van der Waals surface area contributed by atoms with E-state index in [1.54, 1.807) is 31.3 Å². The minimum absolute atomic E-state index is 0.359. The van der Waals surface area contributed by atoms with Crippen molar-refractivity contribution >= 4 is 0 Å². The fourth-order valence-corrected chi connectivity index (χ4v) is 2.18. The summed E-state index contributed by atoms with van der Waals surface area (Å²) in [5.74, 6) is 0.359. The first kappa shape index (κ1) is 13.1. The summed E-state index contributed by atoms with van der Waals surface area (Å²) in [6, 6.07) is 17.9. The van der Waals surface area contributed by atoms with Gasteiger partial charge in [-0.05, 0) is 12.1 Å². The lowest BCUT2D eigenvalue weighted by molar-refractivity contribution is 0.703. The van der Waals surface area contributed by atoms with Gasteiger partial charge in [0.25, 0.3) is 0 Å². The van der Waals surface area contributed by atoms with E-state index in [9.17, 15) is 9.59 Å². The van der Waals surface area contributed by atoms with Gasteiger partial charge in [-0.25, -0.2) is 14.2 Å². The normalized spacial score (nSPS) is 10.5. The maximum atomic E-state index is 12.5. The quantitative estimate of drug-likeness (QED) is 0.716. The van der Waals surface area contributed by atoms with Crippen LogP contribution in [-0.4, -0.2) is 14.1 Å². The average Bonchev–Trinajstić information content (AvgIpc) is 2.53. The smallest absolute Gasteiger partial charge is 0.280 e. The molecule has 1 aromatic heterocycles. The van der Waals surface area contributed by atoms with Gasteiger partial charge < -0.3 is 0 Å². The van der Waals surface area contributed by atoms with Gasteiger partial charge in [0.05, 0.1) is 5.69 Å². The maximum absolute atomic E-state index is 12.5. The molecule has 21 heavy (non-hydrogen) atoms. The molecule has 0 spiro atoms. The predicted octanol–water partition coefficient (Wildman–Crippen LogP) is 1.60. The summed E-state index contributed by atoms with van der Waals surface area (Å²) >= 11 is 0.